The van der Waals surface area contributed by atoms with Crippen molar-refractivity contribution in [3.63, 3.8) is 0 Å². The van der Waals surface area contributed by atoms with Crippen LogP contribution in [0.5, 0.6) is 0 Å². The predicted octanol–water partition coefficient (Wildman–Crippen LogP) is -1.46. The molecule has 3 atom stereocenters. The smallest absolute Gasteiger partial charge is 0.317 e. The minimum absolute atomic E-state index is 0.105. The van der Waals surface area contributed by atoms with Crippen LogP contribution in [0.4, 0.5) is 0 Å². The quantitative estimate of drug-likeness (QED) is 0.262. The first-order chi connectivity index (χ1) is 13.6. The second kappa shape index (κ2) is 11.4. The van der Waals surface area contributed by atoms with Crippen molar-refractivity contribution in [1.82, 2.24) is 9.80 Å². The third-order valence-electron chi connectivity index (χ3n) is 4.99. The lowest BCUT2D eigenvalue weighted by atomic mass is 10.1. The molecule has 0 spiro atoms. The Hall–Kier alpha value is -0.230. The van der Waals surface area contributed by atoms with Crippen LogP contribution in [0.25, 0.3) is 0 Å². The van der Waals surface area contributed by atoms with E-state index in [1.807, 2.05) is 4.90 Å². The average molecular weight is 481 g/mol. The van der Waals surface area contributed by atoms with Crippen molar-refractivity contribution in [3.05, 3.63) is 0 Å². The molecule has 0 aromatic rings. The summed E-state index contributed by atoms with van der Waals surface area (Å²) in [6, 6.07) is -0.819. The fourth-order valence-electron chi connectivity index (χ4n) is 3.57. The molecule has 3 unspecified atom stereocenters. The van der Waals surface area contributed by atoms with E-state index in [4.69, 9.17) is 14.0 Å². The van der Waals surface area contributed by atoms with Crippen LogP contribution in [0.3, 0.4) is 0 Å². The van der Waals surface area contributed by atoms with E-state index in [1.165, 1.54) is 0 Å². The molecule has 0 aromatic carbocycles. The van der Waals surface area contributed by atoms with Gasteiger partial charge in [0.2, 0.25) is 0 Å². The van der Waals surface area contributed by atoms with Crippen LogP contribution in [-0.2, 0) is 44.7 Å². The van der Waals surface area contributed by atoms with Gasteiger partial charge in [-0.2, -0.15) is 21.0 Å². The van der Waals surface area contributed by atoms with Gasteiger partial charge in [-0.3, -0.25) is 18.9 Å². The molecule has 172 valence electrons. The molecular formula is C14H28N2O10S3. The summed E-state index contributed by atoms with van der Waals surface area (Å²) in [5, 5.41) is -1.22. The molecule has 2 saturated heterocycles. The zero-order chi connectivity index (χ0) is 21.5. The van der Waals surface area contributed by atoms with Crippen molar-refractivity contribution in [2.45, 2.75) is 24.1 Å². The molecule has 0 aliphatic carbocycles. The summed E-state index contributed by atoms with van der Waals surface area (Å²) < 4.78 is 91.8. The SMILES string of the molecule is O=S(O)OS(=O)(=O)CCC(C(CCN1CCOCC1)S(=O)(=O)O)N1CCOCC1. The van der Waals surface area contributed by atoms with Crippen LogP contribution < -0.4 is 0 Å². The minimum atomic E-state index is -4.49. The topological polar surface area (TPSA) is 160 Å². The van der Waals surface area contributed by atoms with Gasteiger partial charge >= 0.3 is 11.4 Å². The predicted molar refractivity (Wildman–Crippen MR) is 104 cm³/mol. The highest BCUT2D eigenvalue weighted by Crippen LogP contribution is 2.22. The van der Waals surface area contributed by atoms with Crippen molar-refractivity contribution in [2.75, 3.05) is 64.9 Å². The lowest BCUT2D eigenvalue weighted by Crippen LogP contribution is -2.53. The van der Waals surface area contributed by atoms with E-state index in [2.05, 4.69) is 3.63 Å². The Morgan fingerprint density at radius 2 is 1.52 bits per heavy atom. The van der Waals surface area contributed by atoms with Crippen molar-refractivity contribution < 1.29 is 43.3 Å². The Morgan fingerprint density at radius 1 is 0.966 bits per heavy atom. The van der Waals surface area contributed by atoms with E-state index >= 15 is 0 Å². The fourth-order valence-corrected chi connectivity index (χ4v) is 6.20. The average Bonchev–Trinajstić information content (AvgIpc) is 2.64. The molecular weight excluding hydrogens is 452 g/mol. The Bertz CT molecular complexity index is 733. The molecule has 12 nitrogen and oxygen atoms in total. The van der Waals surface area contributed by atoms with E-state index in [1.54, 1.807) is 4.90 Å². The summed E-state index contributed by atoms with van der Waals surface area (Å²) in [5.74, 6) is -0.662. The number of rotatable bonds is 11. The van der Waals surface area contributed by atoms with E-state index in [0.29, 0.717) is 59.2 Å². The molecule has 0 radical (unpaired) electrons. The third kappa shape index (κ3) is 8.80. The summed E-state index contributed by atoms with van der Waals surface area (Å²) in [7, 11) is -8.83. The number of nitrogens with zero attached hydrogens (tertiary/aromatic N) is 2. The first kappa shape index (κ1) is 25.0. The largest absolute Gasteiger partial charge is 0.379 e. The Morgan fingerprint density at radius 3 is 2.03 bits per heavy atom. The molecule has 2 rings (SSSR count). The van der Waals surface area contributed by atoms with E-state index in [-0.39, 0.29) is 12.8 Å². The summed E-state index contributed by atoms with van der Waals surface area (Å²) in [6.45, 7) is 4.22. The molecule has 2 N–H and O–H groups in total. The molecule has 2 fully saturated rings. The van der Waals surface area contributed by atoms with Crippen molar-refractivity contribution in [1.29, 1.82) is 0 Å². The van der Waals surface area contributed by atoms with E-state index in [9.17, 15) is 25.6 Å². The van der Waals surface area contributed by atoms with Gasteiger partial charge in [0, 0.05) is 32.2 Å². The van der Waals surface area contributed by atoms with Gasteiger partial charge in [-0.15, -0.1) is 3.63 Å². The van der Waals surface area contributed by atoms with Crippen LogP contribution in [0, 0.1) is 0 Å². The van der Waals surface area contributed by atoms with Crippen LogP contribution in [-0.4, -0.2) is 116 Å². The van der Waals surface area contributed by atoms with Crippen LogP contribution in [0.1, 0.15) is 12.8 Å². The van der Waals surface area contributed by atoms with Crippen molar-refractivity contribution >= 4 is 31.6 Å². The number of hydrogen-bond acceptors (Lipinski definition) is 10. The number of morpholine rings is 2. The van der Waals surface area contributed by atoms with Crippen LogP contribution in [0.15, 0.2) is 0 Å². The van der Waals surface area contributed by atoms with Gasteiger partial charge < -0.3 is 9.47 Å². The van der Waals surface area contributed by atoms with Crippen molar-refractivity contribution in [3.8, 4) is 0 Å². The molecule has 15 heteroatoms. The van der Waals surface area contributed by atoms with E-state index in [0.717, 1.165) is 0 Å². The van der Waals surface area contributed by atoms with Crippen LogP contribution >= 0.6 is 0 Å². The lowest BCUT2D eigenvalue weighted by molar-refractivity contribution is 0.0111. The van der Waals surface area contributed by atoms with Gasteiger partial charge in [-0.1, -0.05) is 0 Å². The zero-order valence-electron chi connectivity index (χ0n) is 15.9. The first-order valence-electron chi connectivity index (χ1n) is 9.20. The molecule has 2 heterocycles. The summed E-state index contributed by atoms with van der Waals surface area (Å²) in [4.78, 5) is 3.79. The highest BCUT2D eigenvalue weighted by molar-refractivity contribution is 7.95. The number of ether oxygens (including phenoxy) is 2. The third-order valence-corrected chi connectivity index (χ3v) is 8.33. The maximum absolute atomic E-state index is 12.2. The monoisotopic (exact) mass is 480 g/mol. The van der Waals surface area contributed by atoms with Gasteiger partial charge in [0.15, 0.2) is 0 Å². The highest BCUT2D eigenvalue weighted by Gasteiger charge is 2.38. The molecule has 0 aromatic heterocycles. The highest BCUT2D eigenvalue weighted by atomic mass is 32.3. The maximum Gasteiger partial charge on any atom is 0.317 e. The minimum Gasteiger partial charge on any atom is -0.379 e. The lowest BCUT2D eigenvalue weighted by Gasteiger charge is -2.38. The second-order valence-corrected chi connectivity index (χ2v) is 11.0. The molecule has 0 amide bonds. The van der Waals surface area contributed by atoms with Crippen molar-refractivity contribution in [2.24, 2.45) is 0 Å². The van der Waals surface area contributed by atoms with Gasteiger partial charge in [0.05, 0.1) is 32.2 Å². The zero-order valence-corrected chi connectivity index (χ0v) is 18.4. The van der Waals surface area contributed by atoms with Gasteiger partial charge in [0.25, 0.3) is 20.2 Å². The Balaban J connectivity index is 2.15. The Labute approximate surface area is 173 Å². The first-order valence-corrected chi connectivity index (χ1v) is 13.3. The normalized spacial score (nSPS) is 23.5. The fraction of sp³-hybridized carbons (Fsp3) is 1.00. The molecule has 0 saturated carbocycles. The molecule has 29 heavy (non-hydrogen) atoms. The van der Waals surface area contributed by atoms with E-state index < -0.39 is 48.6 Å². The summed E-state index contributed by atoms with van der Waals surface area (Å²) in [5.41, 5.74) is 0. The van der Waals surface area contributed by atoms with Crippen LogP contribution in [0.2, 0.25) is 0 Å². The standard InChI is InChI=1S/C14H28N2O10S3/c17-27(18)26-28(19,20)12-2-13(16-6-10-25-11-7-16)14(29(21,22)23)1-3-15-4-8-24-9-5-15/h13-14H,1-12H2,(H,17,18)(H,21,22,23). The Kier molecular flexibility index (Phi) is 9.85. The summed E-state index contributed by atoms with van der Waals surface area (Å²) >= 11 is -3.00. The molecule has 0 bridgehead atoms. The molecule has 2 aliphatic rings. The maximum atomic E-state index is 12.2. The second-order valence-electron chi connectivity index (χ2n) is 6.85. The number of hydrogen-bond donors (Lipinski definition) is 2. The van der Waals surface area contributed by atoms with Gasteiger partial charge in [-0.25, -0.2) is 0 Å². The van der Waals surface area contributed by atoms with Gasteiger partial charge in [-0.05, 0) is 19.4 Å². The van der Waals surface area contributed by atoms with Gasteiger partial charge in [0.1, 0.15) is 5.25 Å². The molecule has 2 aliphatic heterocycles. The summed E-state index contributed by atoms with van der Waals surface area (Å²) in [6.07, 6.45) is -0.0825.